The number of rotatable bonds is 8. The molecule has 0 radical (unpaired) electrons. The highest BCUT2D eigenvalue weighted by atomic mass is 32.2. The van der Waals surface area contributed by atoms with Gasteiger partial charge in [0.15, 0.2) is 5.16 Å². The average Bonchev–Trinajstić information content (AvgIpc) is 3.40. The Balaban J connectivity index is 1.51. The number of hydrogen-bond acceptors (Lipinski definition) is 6. The van der Waals surface area contributed by atoms with Gasteiger partial charge in [0, 0.05) is 19.6 Å². The molecule has 1 fully saturated rings. The number of aromatic nitrogens is 2. The van der Waals surface area contributed by atoms with Crippen molar-refractivity contribution in [1.29, 1.82) is 0 Å². The van der Waals surface area contributed by atoms with Crippen molar-refractivity contribution in [3.8, 4) is 0 Å². The van der Waals surface area contributed by atoms with E-state index >= 15 is 0 Å². The fourth-order valence-electron chi connectivity index (χ4n) is 3.94. The summed E-state index contributed by atoms with van der Waals surface area (Å²) < 4.78 is 25.4. The summed E-state index contributed by atoms with van der Waals surface area (Å²) in [5.41, 5.74) is 3.24. The molecule has 0 spiro atoms. The van der Waals surface area contributed by atoms with Gasteiger partial charge in [-0.05, 0) is 49.6 Å². The van der Waals surface area contributed by atoms with Gasteiger partial charge in [-0.2, -0.15) is 0 Å². The van der Waals surface area contributed by atoms with Crippen LogP contribution in [-0.4, -0.2) is 42.7 Å². The quantitative estimate of drug-likeness (QED) is 0.485. The molecule has 8 nitrogen and oxygen atoms in total. The van der Waals surface area contributed by atoms with E-state index in [9.17, 15) is 13.2 Å². The SMILES string of the molecule is CCCn1c(SCC(=O)Nc2ccccc2N2CCCC2)nc2cc(S(N)(=O)=O)ccc21. The van der Waals surface area contributed by atoms with Crippen molar-refractivity contribution in [1.82, 2.24) is 9.55 Å². The maximum Gasteiger partial charge on any atom is 0.238 e. The van der Waals surface area contributed by atoms with Crippen LogP contribution < -0.4 is 15.4 Å². The molecule has 1 saturated heterocycles. The zero-order valence-corrected chi connectivity index (χ0v) is 19.6. The van der Waals surface area contributed by atoms with Crippen molar-refractivity contribution in [2.24, 2.45) is 5.14 Å². The zero-order chi connectivity index (χ0) is 22.7. The van der Waals surface area contributed by atoms with Gasteiger partial charge in [-0.25, -0.2) is 18.5 Å². The number of nitrogens with one attached hydrogen (secondary N) is 1. The normalized spacial score (nSPS) is 14.2. The van der Waals surface area contributed by atoms with Crippen LogP contribution in [0.4, 0.5) is 11.4 Å². The molecule has 1 amide bonds. The number of hydrogen-bond donors (Lipinski definition) is 2. The molecule has 170 valence electrons. The van der Waals surface area contributed by atoms with E-state index in [-0.39, 0.29) is 16.6 Å². The van der Waals surface area contributed by atoms with Crippen molar-refractivity contribution in [2.75, 3.05) is 29.1 Å². The molecule has 0 bridgehead atoms. The van der Waals surface area contributed by atoms with E-state index in [4.69, 9.17) is 5.14 Å². The Labute approximate surface area is 192 Å². The summed E-state index contributed by atoms with van der Waals surface area (Å²) in [6, 6.07) is 12.6. The van der Waals surface area contributed by atoms with Crippen molar-refractivity contribution in [2.45, 2.75) is 42.8 Å². The highest BCUT2D eigenvalue weighted by Crippen LogP contribution is 2.30. The minimum atomic E-state index is -3.81. The Morgan fingerprint density at radius 2 is 1.94 bits per heavy atom. The van der Waals surface area contributed by atoms with E-state index in [1.807, 2.05) is 28.8 Å². The Morgan fingerprint density at radius 1 is 1.19 bits per heavy atom. The van der Waals surface area contributed by atoms with E-state index in [1.165, 1.54) is 36.7 Å². The predicted octanol–water partition coefficient (Wildman–Crippen LogP) is 3.42. The highest BCUT2D eigenvalue weighted by molar-refractivity contribution is 7.99. The summed E-state index contributed by atoms with van der Waals surface area (Å²) >= 11 is 1.34. The number of aryl methyl sites for hydroxylation is 1. The van der Waals surface area contributed by atoms with Crippen LogP contribution in [0.1, 0.15) is 26.2 Å². The molecule has 2 heterocycles. The number of anilines is 2. The number of primary sulfonamides is 1. The lowest BCUT2D eigenvalue weighted by atomic mass is 10.2. The Bertz CT molecular complexity index is 1230. The smallest absolute Gasteiger partial charge is 0.238 e. The fraction of sp³-hybridized carbons (Fsp3) is 0.364. The van der Waals surface area contributed by atoms with Crippen molar-refractivity contribution < 1.29 is 13.2 Å². The summed E-state index contributed by atoms with van der Waals surface area (Å²) in [7, 11) is -3.81. The number of benzene rings is 2. The topological polar surface area (TPSA) is 110 Å². The molecule has 4 rings (SSSR count). The second-order valence-corrected chi connectivity index (χ2v) is 10.3. The van der Waals surface area contributed by atoms with E-state index < -0.39 is 10.0 Å². The molecular weight excluding hydrogens is 446 g/mol. The van der Waals surface area contributed by atoms with Crippen LogP contribution in [0.25, 0.3) is 11.0 Å². The third-order valence-electron chi connectivity index (χ3n) is 5.42. The van der Waals surface area contributed by atoms with Gasteiger partial charge in [-0.1, -0.05) is 30.8 Å². The molecule has 0 saturated carbocycles. The van der Waals surface area contributed by atoms with Crippen molar-refractivity contribution in [3.63, 3.8) is 0 Å². The summed E-state index contributed by atoms with van der Waals surface area (Å²) in [5, 5.41) is 8.97. The third-order valence-corrected chi connectivity index (χ3v) is 7.31. The molecule has 0 unspecified atom stereocenters. The standard InChI is InChI=1S/C22H27N5O3S2/c1-2-11-27-20-10-9-16(32(23,29)30)14-18(20)25-22(27)31-15-21(28)24-17-7-3-4-8-19(17)26-12-5-6-13-26/h3-4,7-10,14H,2,5-6,11-13,15H2,1H3,(H,24,28)(H2,23,29,30). The maximum atomic E-state index is 12.7. The number of nitrogens with two attached hydrogens (primary N) is 1. The van der Waals surface area contributed by atoms with Crippen molar-refractivity contribution >= 4 is 50.1 Å². The molecule has 2 aromatic carbocycles. The predicted molar refractivity (Wildman–Crippen MR) is 129 cm³/mol. The maximum absolute atomic E-state index is 12.7. The van der Waals surface area contributed by atoms with Gasteiger partial charge in [-0.3, -0.25) is 4.79 Å². The lowest BCUT2D eigenvalue weighted by molar-refractivity contribution is -0.113. The third kappa shape index (κ3) is 4.92. The number of carbonyl (C=O) groups excluding carboxylic acids is 1. The molecular formula is C22H27N5O3S2. The lowest BCUT2D eigenvalue weighted by Gasteiger charge is -2.21. The summed E-state index contributed by atoms with van der Waals surface area (Å²) in [4.78, 5) is 19.6. The van der Waals surface area contributed by atoms with E-state index in [2.05, 4.69) is 22.1 Å². The van der Waals surface area contributed by atoms with Gasteiger partial charge >= 0.3 is 0 Å². The summed E-state index contributed by atoms with van der Waals surface area (Å²) in [6.45, 7) is 4.78. The molecule has 1 aliphatic rings. The van der Waals surface area contributed by atoms with Gasteiger partial charge < -0.3 is 14.8 Å². The number of para-hydroxylation sites is 2. The van der Waals surface area contributed by atoms with Crippen LogP contribution in [0, 0.1) is 0 Å². The number of thioether (sulfide) groups is 1. The van der Waals surface area contributed by atoms with E-state index in [1.54, 1.807) is 6.07 Å². The Kier molecular flexibility index (Phi) is 6.73. The number of sulfonamides is 1. The number of imidazole rings is 1. The summed E-state index contributed by atoms with van der Waals surface area (Å²) in [6.07, 6.45) is 3.21. The fourth-order valence-corrected chi connectivity index (χ4v) is 5.32. The van der Waals surface area contributed by atoms with Crippen LogP contribution in [0.5, 0.6) is 0 Å². The van der Waals surface area contributed by atoms with Crippen LogP contribution in [-0.2, 0) is 21.4 Å². The van der Waals surface area contributed by atoms with E-state index in [0.29, 0.717) is 17.2 Å². The lowest BCUT2D eigenvalue weighted by Crippen LogP contribution is -2.21. The molecule has 1 aliphatic heterocycles. The van der Waals surface area contributed by atoms with Gasteiger partial charge in [0.2, 0.25) is 15.9 Å². The first-order valence-corrected chi connectivity index (χ1v) is 13.2. The Morgan fingerprint density at radius 3 is 2.66 bits per heavy atom. The minimum Gasteiger partial charge on any atom is -0.370 e. The molecule has 10 heteroatoms. The zero-order valence-electron chi connectivity index (χ0n) is 18.0. The van der Waals surface area contributed by atoms with Gasteiger partial charge in [0.1, 0.15) is 0 Å². The first kappa shape index (κ1) is 22.6. The minimum absolute atomic E-state index is 0.0268. The molecule has 3 N–H and O–H groups in total. The molecule has 32 heavy (non-hydrogen) atoms. The number of fused-ring (bicyclic) bond motifs is 1. The first-order chi connectivity index (χ1) is 15.4. The van der Waals surface area contributed by atoms with Crippen molar-refractivity contribution in [3.05, 3.63) is 42.5 Å². The molecule has 1 aromatic heterocycles. The highest BCUT2D eigenvalue weighted by Gasteiger charge is 2.18. The largest absolute Gasteiger partial charge is 0.370 e. The number of amides is 1. The van der Waals surface area contributed by atoms with E-state index in [0.717, 1.165) is 36.4 Å². The Hall–Kier alpha value is -2.56. The molecule has 3 aromatic rings. The van der Waals surface area contributed by atoms with Crippen LogP contribution in [0.3, 0.4) is 0 Å². The van der Waals surface area contributed by atoms with Crippen LogP contribution in [0.15, 0.2) is 52.5 Å². The van der Waals surface area contributed by atoms with Gasteiger partial charge in [-0.15, -0.1) is 0 Å². The number of nitrogens with zero attached hydrogens (tertiary/aromatic N) is 3. The molecule has 0 aliphatic carbocycles. The second-order valence-electron chi connectivity index (χ2n) is 7.79. The monoisotopic (exact) mass is 473 g/mol. The second kappa shape index (κ2) is 9.51. The van der Waals surface area contributed by atoms with Crippen LogP contribution >= 0.6 is 11.8 Å². The van der Waals surface area contributed by atoms with Crippen LogP contribution in [0.2, 0.25) is 0 Å². The number of carbonyl (C=O) groups is 1. The first-order valence-electron chi connectivity index (χ1n) is 10.7. The molecule has 0 atom stereocenters. The average molecular weight is 474 g/mol. The van der Waals surface area contributed by atoms with Gasteiger partial charge in [0.05, 0.1) is 33.1 Å². The summed E-state index contributed by atoms with van der Waals surface area (Å²) in [5.74, 6) is 0.0886. The van der Waals surface area contributed by atoms with Gasteiger partial charge in [0.25, 0.3) is 0 Å².